The second-order valence-corrected chi connectivity index (χ2v) is 10.9. The van der Waals surface area contributed by atoms with Gasteiger partial charge in [0.2, 0.25) is 0 Å². The van der Waals surface area contributed by atoms with Crippen molar-refractivity contribution in [1.82, 2.24) is 4.90 Å². The zero-order valence-electron chi connectivity index (χ0n) is 22.9. The van der Waals surface area contributed by atoms with E-state index in [1.165, 1.54) is 36.0 Å². The van der Waals surface area contributed by atoms with E-state index >= 15 is 0 Å². The molecule has 0 heterocycles. The van der Waals surface area contributed by atoms with Gasteiger partial charge in [-0.2, -0.15) is 0 Å². The number of amides is 1. The van der Waals surface area contributed by atoms with Crippen LogP contribution >= 0.6 is 0 Å². The van der Waals surface area contributed by atoms with Crippen molar-refractivity contribution < 1.29 is 14.7 Å². The maximum Gasteiger partial charge on any atom is 0.394 e. The van der Waals surface area contributed by atoms with E-state index in [-0.39, 0.29) is 5.92 Å². The van der Waals surface area contributed by atoms with Crippen molar-refractivity contribution in [3.8, 4) is 22.3 Å². The van der Waals surface area contributed by atoms with Crippen molar-refractivity contribution >= 4 is 11.9 Å². The zero-order valence-corrected chi connectivity index (χ0v) is 22.9. The molecule has 1 N–H and O–H groups in total. The monoisotopic (exact) mass is 531 g/mol. The Kier molecular flexibility index (Phi) is 9.07. The standard InChI is InChI=1S/C36H37NO3/c38-35(36(39)40)37(23-22-27-12-4-1-5-13-27)26-34(29-16-8-3-9-17-29)33-21-11-20-32(25-33)31-19-10-18-30(24-31)28-14-6-2-7-15-28/h1-2,4-7,10-15,18-21,24-25,29,34H,3,8-9,16-17,22-23,26H2,(H,39,40). The van der Waals surface area contributed by atoms with Crippen LogP contribution in [0.5, 0.6) is 0 Å². The molecular weight excluding hydrogens is 494 g/mol. The van der Waals surface area contributed by atoms with E-state index in [2.05, 4.69) is 72.8 Å². The second-order valence-electron chi connectivity index (χ2n) is 10.9. The van der Waals surface area contributed by atoms with Crippen molar-refractivity contribution in [2.75, 3.05) is 13.1 Å². The maximum absolute atomic E-state index is 12.9. The summed E-state index contributed by atoms with van der Waals surface area (Å²) in [6.45, 7) is 0.799. The molecule has 0 aromatic heterocycles. The highest BCUT2D eigenvalue weighted by molar-refractivity contribution is 6.31. The molecule has 0 bridgehead atoms. The summed E-state index contributed by atoms with van der Waals surface area (Å²) >= 11 is 0. The van der Waals surface area contributed by atoms with E-state index in [4.69, 9.17) is 0 Å². The Hall–Kier alpha value is -4.18. The molecule has 5 rings (SSSR count). The fourth-order valence-electron chi connectivity index (χ4n) is 6.08. The van der Waals surface area contributed by atoms with Crippen LogP contribution in [0.15, 0.2) is 109 Å². The van der Waals surface area contributed by atoms with Gasteiger partial charge >= 0.3 is 11.9 Å². The fraction of sp³-hybridized carbons (Fsp3) is 0.278. The highest BCUT2D eigenvalue weighted by Gasteiger charge is 2.30. The summed E-state index contributed by atoms with van der Waals surface area (Å²) in [5.74, 6) is -1.71. The van der Waals surface area contributed by atoms with Crippen LogP contribution in [0.4, 0.5) is 0 Å². The van der Waals surface area contributed by atoms with Gasteiger partial charge in [-0.3, -0.25) is 4.79 Å². The molecule has 1 fully saturated rings. The van der Waals surface area contributed by atoms with Crippen LogP contribution in [-0.2, 0) is 16.0 Å². The van der Waals surface area contributed by atoms with Crippen LogP contribution in [0.2, 0.25) is 0 Å². The maximum atomic E-state index is 12.9. The largest absolute Gasteiger partial charge is 0.474 e. The van der Waals surface area contributed by atoms with Gasteiger partial charge in [0, 0.05) is 19.0 Å². The van der Waals surface area contributed by atoms with Crippen LogP contribution in [-0.4, -0.2) is 35.0 Å². The van der Waals surface area contributed by atoms with Crippen LogP contribution in [0.1, 0.15) is 49.1 Å². The minimum Gasteiger partial charge on any atom is -0.474 e. The first-order chi connectivity index (χ1) is 19.6. The molecule has 4 aromatic carbocycles. The summed E-state index contributed by atoms with van der Waals surface area (Å²) in [6, 6.07) is 37.6. The van der Waals surface area contributed by atoms with Gasteiger partial charge in [0.15, 0.2) is 0 Å². The van der Waals surface area contributed by atoms with Gasteiger partial charge < -0.3 is 10.0 Å². The first-order valence-electron chi connectivity index (χ1n) is 14.4. The van der Waals surface area contributed by atoms with E-state index < -0.39 is 11.9 Å². The topological polar surface area (TPSA) is 57.6 Å². The number of hydrogen-bond donors (Lipinski definition) is 1. The molecule has 0 spiro atoms. The molecule has 1 aliphatic carbocycles. The molecule has 1 saturated carbocycles. The van der Waals surface area contributed by atoms with Crippen LogP contribution < -0.4 is 0 Å². The number of carboxylic acid groups (broad SMARTS) is 1. The number of carbonyl (C=O) groups is 2. The lowest BCUT2D eigenvalue weighted by molar-refractivity contribution is -0.156. The number of aliphatic carboxylic acids is 1. The molecule has 40 heavy (non-hydrogen) atoms. The summed E-state index contributed by atoms with van der Waals surface area (Å²) in [5.41, 5.74) is 6.91. The van der Waals surface area contributed by atoms with Crippen LogP contribution in [0, 0.1) is 5.92 Å². The van der Waals surface area contributed by atoms with E-state index in [0.717, 1.165) is 29.5 Å². The highest BCUT2D eigenvalue weighted by atomic mass is 16.4. The van der Waals surface area contributed by atoms with Gasteiger partial charge in [-0.25, -0.2) is 4.79 Å². The molecule has 4 nitrogen and oxygen atoms in total. The normalized spacial score (nSPS) is 14.4. The Morgan fingerprint density at radius 2 is 1.27 bits per heavy atom. The fourth-order valence-corrected chi connectivity index (χ4v) is 6.08. The predicted octanol–water partition coefficient (Wildman–Crippen LogP) is 7.84. The van der Waals surface area contributed by atoms with Gasteiger partial charge in [-0.05, 0) is 64.6 Å². The average Bonchev–Trinajstić information content (AvgIpc) is 3.02. The highest BCUT2D eigenvalue weighted by Crippen LogP contribution is 2.38. The Bertz CT molecular complexity index is 1410. The third-order valence-corrected chi connectivity index (χ3v) is 8.24. The molecule has 0 radical (unpaired) electrons. The second kappa shape index (κ2) is 13.3. The number of benzene rings is 4. The molecule has 1 aliphatic rings. The summed E-state index contributed by atoms with van der Waals surface area (Å²) < 4.78 is 0. The third-order valence-electron chi connectivity index (χ3n) is 8.24. The smallest absolute Gasteiger partial charge is 0.394 e. The number of rotatable bonds is 9. The Morgan fingerprint density at radius 1 is 0.700 bits per heavy atom. The predicted molar refractivity (Wildman–Crippen MR) is 161 cm³/mol. The minimum atomic E-state index is -1.39. The summed E-state index contributed by atoms with van der Waals surface area (Å²) in [4.78, 5) is 26.3. The van der Waals surface area contributed by atoms with Crippen molar-refractivity contribution in [2.24, 2.45) is 5.92 Å². The van der Waals surface area contributed by atoms with E-state index in [9.17, 15) is 14.7 Å². The Labute approximate surface area is 237 Å². The molecule has 204 valence electrons. The molecule has 0 saturated heterocycles. The Balaban J connectivity index is 1.45. The molecule has 0 aliphatic heterocycles. The van der Waals surface area contributed by atoms with Gasteiger partial charge in [0.25, 0.3) is 0 Å². The van der Waals surface area contributed by atoms with E-state index in [1.807, 2.05) is 36.4 Å². The minimum absolute atomic E-state index is 0.0802. The molecule has 1 amide bonds. The molecule has 1 unspecified atom stereocenters. The average molecular weight is 532 g/mol. The number of nitrogens with zero attached hydrogens (tertiary/aromatic N) is 1. The molecule has 4 aromatic rings. The number of hydrogen-bond acceptors (Lipinski definition) is 2. The zero-order chi connectivity index (χ0) is 27.7. The van der Waals surface area contributed by atoms with E-state index in [1.54, 1.807) is 4.90 Å². The van der Waals surface area contributed by atoms with Crippen molar-refractivity contribution in [2.45, 2.75) is 44.4 Å². The molecular formula is C36H37NO3. The lowest BCUT2D eigenvalue weighted by atomic mass is 9.76. The van der Waals surface area contributed by atoms with Gasteiger partial charge in [-0.1, -0.05) is 122 Å². The van der Waals surface area contributed by atoms with Gasteiger partial charge in [0.1, 0.15) is 0 Å². The van der Waals surface area contributed by atoms with Gasteiger partial charge in [0.05, 0.1) is 0 Å². The quantitative estimate of drug-likeness (QED) is 0.224. The Morgan fingerprint density at radius 3 is 1.95 bits per heavy atom. The summed E-state index contributed by atoms with van der Waals surface area (Å²) in [5, 5.41) is 9.66. The van der Waals surface area contributed by atoms with Crippen LogP contribution in [0.3, 0.4) is 0 Å². The summed E-state index contributed by atoms with van der Waals surface area (Å²) in [6.07, 6.45) is 6.43. The van der Waals surface area contributed by atoms with Crippen molar-refractivity contribution in [3.63, 3.8) is 0 Å². The van der Waals surface area contributed by atoms with E-state index in [0.29, 0.717) is 25.4 Å². The first-order valence-corrected chi connectivity index (χ1v) is 14.4. The van der Waals surface area contributed by atoms with Gasteiger partial charge in [-0.15, -0.1) is 0 Å². The SMILES string of the molecule is O=C(O)C(=O)N(CCc1ccccc1)CC(c1cccc(-c2cccc(-c3ccccc3)c2)c1)C1CCCCC1. The molecule has 1 atom stereocenters. The van der Waals surface area contributed by atoms with Crippen molar-refractivity contribution in [1.29, 1.82) is 0 Å². The number of carbonyl (C=O) groups excluding carboxylic acids is 1. The molecule has 4 heteroatoms. The number of carboxylic acids is 1. The summed E-state index contributed by atoms with van der Waals surface area (Å²) in [7, 11) is 0. The van der Waals surface area contributed by atoms with Crippen molar-refractivity contribution in [3.05, 3.63) is 120 Å². The van der Waals surface area contributed by atoms with Crippen LogP contribution in [0.25, 0.3) is 22.3 Å². The lowest BCUT2D eigenvalue weighted by Crippen LogP contribution is -2.42. The lowest BCUT2D eigenvalue weighted by Gasteiger charge is -2.34. The third kappa shape index (κ3) is 6.87. The first kappa shape index (κ1) is 27.4.